The van der Waals surface area contributed by atoms with Gasteiger partial charge in [-0.1, -0.05) is 0 Å². The van der Waals surface area contributed by atoms with Crippen LogP contribution in [0.25, 0.3) is 0 Å². The van der Waals surface area contributed by atoms with Crippen molar-refractivity contribution in [2.24, 2.45) is 0 Å². The van der Waals surface area contributed by atoms with Gasteiger partial charge < -0.3 is 5.32 Å². The smallest absolute Gasteiger partial charge is 0.270 e. The van der Waals surface area contributed by atoms with Gasteiger partial charge in [0.1, 0.15) is 5.69 Å². The summed E-state index contributed by atoms with van der Waals surface area (Å²) in [4.78, 5) is 18.3. The fraction of sp³-hybridized carbons (Fsp3) is 0.333. The highest BCUT2D eigenvalue weighted by Gasteiger charge is 2.12. The molecule has 0 saturated heterocycles. The molecule has 2 heterocycles. The number of thiophene rings is 1. The Hall–Kier alpha value is -1.20. The van der Waals surface area contributed by atoms with Crippen LogP contribution in [0.2, 0.25) is 0 Å². The summed E-state index contributed by atoms with van der Waals surface area (Å²) in [5.74, 6) is -0.0907. The first-order valence-electron chi connectivity index (χ1n) is 5.39. The molecule has 0 aliphatic rings. The minimum absolute atomic E-state index is 0.0907. The van der Waals surface area contributed by atoms with E-state index >= 15 is 0 Å². The quantitative estimate of drug-likeness (QED) is 0.924. The van der Waals surface area contributed by atoms with Crippen LogP contribution in [0.4, 0.5) is 0 Å². The third-order valence-corrected chi connectivity index (χ3v) is 3.96. The van der Waals surface area contributed by atoms with Crippen LogP contribution < -0.4 is 5.32 Å². The number of hydrogen-bond acceptors (Lipinski definition) is 4. The first-order chi connectivity index (χ1) is 8.15. The zero-order valence-corrected chi connectivity index (χ0v) is 11.4. The maximum atomic E-state index is 11.7. The molecule has 0 saturated carbocycles. The van der Waals surface area contributed by atoms with E-state index in [2.05, 4.69) is 29.4 Å². The molecule has 17 heavy (non-hydrogen) atoms. The first kappa shape index (κ1) is 12.3. The van der Waals surface area contributed by atoms with E-state index in [1.165, 1.54) is 21.1 Å². The molecule has 0 fully saturated rings. The van der Waals surface area contributed by atoms with E-state index in [1.54, 1.807) is 22.2 Å². The van der Waals surface area contributed by atoms with Gasteiger partial charge >= 0.3 is 0 Å². The molecule has 3 nitrogen and oxygen atoms in total. The van der Waals surface area contributed by atoms with Crippen LogP contribution in [0.3, 0.4) is 0 Å². The molecule has 0 bridgehead atoms. The van der Waals surface area contributed by atoms with Gasteiger partial charge in [-0.3, -0.25) is 4.79 Å². The fourth-order valence-electron chi connectivity index (χ4n) is 1.57. The Labute approximate surface area is 109 Å². The molecule has 0 spiro atoms. The molecule has 2 rings (SSSR count). The van der Waals surface area contributed by atoms with Crippen molar-refractivity contribution in [2.45, 2.75) is 26.3 Å². The average Bonchev–Trinajstić information content (AvgIpc) is 2.89. The number of nitrogens with one attached hydrogen (secondary N) is 1. The average molecular weight is 266 g/mol. The van der Waals surface area contributed by atoms with Crippen molar-refractivity contribution in [2.75, 3.05) is 0 Å². The summed E-state index contributed by atoms with van der Waals surface area (Å²) in [7, 11) is 0. The molecular weight excluding hydrogens is 252 g/mol. The van der Waals surface area contributed by atoms with Crippen molar-refractivity contribution in [1.29, 1.82) is 0 Å². The highest BCUT2D eigenvalue weighted by atomic mass is 32.1. The van der Waals surface area contributed by atoms with Gasteiger partial charge in [-0.2, -0.15) is 0 Å². The van der Waals surface area contributed by atoms with Gasteiger partial charge in [0.2, 0.25) is 0 Å². The number of carbonyl (C=O) groups is 1. The van der Waals surface area contributed by atoms with Crippen LogP contribution in [-0.4, -0.2) is 16.9 Å². The number of amides is 1. The predicted molar refractivity (Wildman–Crippen MR) is 71.8 cm³/mol. The second kappa shape index (κ2) is 5.42. The van der Waals surface area contributed by atoms with Gasteiger partial charge in [0, 0.05) is 27.6 Å². The largest absolute Gasteiger partial charge is 0.348 e. The number of aromatic nitrogens is 1. The van der Waals surface area contributed by atoms with Crippen molar-refractivity contribution in [3.8, 4) is 0 Å². The number of rotatable bonds is 4. The Morgan fingerprint density at radius 2 is 2.35 bits per heavy atom. The van der Waals surface area contributed by atoms with Crippen LogP contribution >= 0.6 is 22.7 Å². The first-order valence-corrected chi connectivity index (χ1v) is 7.15. The van der Waals surface area contributed by atoms with E-state index in [0.29, 0.717) is 5.69 Å². The van der Waals surface area contributed by atoms with E-state index < -0.39 is 0 Å². The SMILES string of the molecule is Cc1ccc(CC(C)NC(=O)c2cscn2)s1. The second-order valence-electron chi connectivity index (χ2n) is 3.96. The molecule has 2 aromatic heterocycles. The van der Waals surface area contributed by atoms with E-state index in [1.807, 2.05) is 6.92 Å². The molecule has 0 aliphatic carbocycles. The summed E-state index contributed by atoms with van der Waals surface area (Å²) >= 11 is 3.21. The lowest BCUT2D eigenvalue weighted by Crippen LogP contribution is -2.34. The Bertz CT molecular complexity index is 490. The fourth-order valence-corrected chi connectivity index (χ4v) is 3.12. The maximum Gasteiger partial charge on any atom is 0.270 e. The predicted octanol–water partition coefficient (Wildman–Crippen LogP) is 2.87. The Kier molecular flexibility index (Phi) is 3.91. The zero-order chi connectivity index (χ0) is 12.3. The molecule has 1 amide bonds. The maximum absolute atomic E-state index is 11.7. The van der Waals surface area contributed by atoms with Crippen LogP contribution in [-0.2, 0) is 6.42 Å². The number of carbonyl (C=O) groups excluding carboxylic acids is 1. The Balaban J connectivity index is 1.89. The lowest BCUT2D eigenvalue weighted by atomic mass is 10.2. The molecule has 1 atom stereocenters. The summed E-state index contributed by atoms with van der Waals surface area (Å²) in [6.07, 6.45) is 0.869. The summed E-state index contributed by atoms with van der Waals surface area (Å²) in [6.45, 7) is 4.10. The normalized spacial score (nSPS) is 12.4. The van der Waals surface area contributed by atoms with Gasteiger partial charge in [0.05, 0.1) is 5.51 Å². The summed E-state index contributed by atoms with van der Waals surface area (Å²) in [5, 5.41) is 4.71. The molecule has 1 unspecified atom stereocenters. The molecule has 0 aromatic carbocycles. The zero-order valence-electron chi connectivity index (χ0n) is 9.77. The van der Waals surface area contributed by atoms with Crippen LogP contribution in [0, 0.1) is 6.92 Å². The minimum Gasteiger partial charge on any atom is -0.348 e. The van der Waals surface area contributed by atoms with Gasteiger partial charge in [-0.05, 0) is 26.0 Å². The Morgan fingerprint density at radius 3 is 2.94 bits per heavy atom. The highest BCUT2D eigenvalue weighted by Crippen LogP contribution is 2.16. The standard InChI is InChI=1S/C12H14N2OS2/c1-8(5-10-4-3-9(2)17-10)14-12(15)11-6-16-7-13-11/h3-4,6-8H,5H2,1-2H3,(H,14,15). The van der Waals surface area contributed by atoms with Crippen molar-refractivity contribution in [3.05, 3.63) is 38.5 Å². The lowest BCUT2D eigenvalue weighted by Gasteiger charge is -2.11. The molecule has 1 N–H and O–H groups in total. The second-order valence-corrected chi connectivity index (χ2v) is 6.06. The summed E-state index contributed by atoms with van der Waals surface area (Å²) < 4.78 is 0. The molecule has 0 aliphatic heterocycles. The van der Waals surface area contributed by atoms with Gasteiger partial charge in [-0.15, -0.1) is 22.7 Å². The molecule has 90 valence electrons. The van der Waals surface area contributed by atoms with E-state index in [9.17, 15) is 4.79 Å². The summed E-state index contributed by atoms with van der Waals surface area (Å²) in [6, 6.07) is 4.35. The van der Waals surface area contributed by atoms with E-state index in [-0.39, 0.29) is 11.9 Å². The topological polar surface area (TPSA) is 42.0 Å². The monoisotopic (exact) mass is 266 g/mol. The third-order valence-electron chi connectivity index (χ3n) is 2.35. The Morgan fingerprint density at radius 1 is 1.53 bits per heavy atom. The van der Waals surface area contributed by atoms with Crippen molar-refractivity contribution in [3.63, 3.8) is 0 Å². The van der Waals surface area contributed by atoms with Gasteiger partial charge in [0.25, 0.3) is 5.91 Å². The van der Waals surface area contributed by atoms with E-state index in [0.717, 1.165) is 6.42 Å². The number of hydrogen-bond donors (Lipinski definition) is 1. The van der Waals surface area contributed by atoms with Crippen molar-refractivity contribution < 1.29 is 4.79 Å². The van der Waals surface area contributed by atoms with Crippen molar-refractivity contribution >= 4 is 28.6 Å². The van der Waals surface area contributed by atoms with Crippen LogP contribution in [0.5, 0.6) is 0 Å². The van der Waals surface area contributed by atoms with Crippen LogP contribution in [0.1, 0.15) is 27.2 Å². The molecule has 2 aromatic rings. The van der Waals surface area contributed by atoms with Gasteiger partial charge in [0.15, 0.2) is 0 Å². The molecule has 5 heteroatoms. The van der Waals surface area contributed by atoms with Gasteiger partial charge in [-0.25, -0.2) is 4.98 Å². The summed E-state index contributed by atoms with van der Waals surface area (Å²) in [5.41, 5.74) is 2.17. The molecule has 0 radical (unpaired) electrons. The van der Waals surface area contributed by atoms with Crippen molar-refractivity contribution in [1.82, 2.24) is 10.3 Å². The number of thiazole rings is 1. The van der Waals surface area contributed by atoms with Crippen LogP contribution in [0.15, 0.2) is 23.0 Å². The lowest BCUT2D eigenvalue weighted by molar-refractivity contribution is 0.0936. The van der Waals surface area contributed by atoms with E-state index in [4.69, 9.17) is 0 Å². The minimum atomic E-state index is -0.0907. The third kappa shape index (κ3) is 3.38. The highest BCUT2D eigenvalue weighted by molar-refractivity contribution is 7.11. The number of aryl methyl sites for hydroxylation is 1. The molecular formula is C12H14N2OS2. The number of nitrogens with zero attached hydrogens (tertiary/aromatic N) is 1.